The van der Waals surface area contributed by atoms with Gasteiger partial charge < -0.3 is 9.47 Å². The van der Waals surface area contributed by atoms with Crippen molar-refractivity contribution in [2.75, 3.05) is 25.2 Å². The van der Waals surface area contributed by atoms with E-state index in [1.54, 1.807) is 25.1 Å². The van der Waals surface area contributed by atoms with Crippen LogP contribution in [0.4, 0.5) is 5.69 Å². The lowest BCUT2D eigenvalue weighted by Gasteiger charge is -2.10. The summed E-state index contributed by atoms with van der Waals surface area (Å²) in [7, 11) is -4.69. The van der Waals surface area contributed by atoms with Crippen LogP contribution in [-0.4, -0.2) is 47.1 Å². The number of hydrogen-bond acceptors (Lipinski definition) is 7. The summed E-state index contributed by atoms with van der Waals surface area (Å²) in [4.78, 5) is -0.570. The number of rotatable bonds is 9. The SMILES string of the molecule is COc1ccc(CCn2cc(NS(=O)(=O)c3ccccc3S(C)(=O)=O)cn2)cc1OC. The van der Waals surface area contributed by atoms with Gasteiger partial charge in [0.25, 0.3) is 10.0 Å². The summed E-state index contributed by atoms with van der Waals surface area (Å²) in [5.41, 5.74) is 1.23. The maximum atomic E-state index is 12.8. The largest absolute Gasteiger partial charge is 0.493 e. The van der Waals surface area contributed by atoms with Gasteiger partial charge in [-0.3, -0.25) is 9.40 Å². The Bertz CT molecular complexity index is 1280. The molecule has 0 spiro atoms. The van der Waals surface area contributed by atoms with Crippen molar-refractivity contribution in [3.8, 4) is 11.5 Å². The molecular weight excluding hydrogens is 442 g/mol. The molecule has 0 unspecified atom stereocenters. The van der Waals surface area contributed by atoms with Gasteiger partial charge in [0.1, 0.15) is 4.90 Å². The lowest BCUT2D eigenvalue weighted by Crippen LogP contribution is -2.16. The Kier molecular flexibility index (Phi) is 6.56. The number of sulfone groups is 1. The van der Waals surface area contributed by atoms with Crippen LogP contribution in [0.1, 0.15) is 5.56 Å². The Morgan fingerprint density at radius 1 is 0.968 bits per heavy atom. The molecule has 0 aliphatic carbocycles. The molecule has 166 valence electrons. The molecule has 0 saturated heterocycles. The smallest absolute Gasteiger partial charge is 0.263 e. The number of nitrogens with one attached hydrogen (secondary N) is 1. The number of aryl methyl sites for hydroxylation is 2. The molecule has 0 aliphatic heterocycles. The van der Waals surface area contributed by atoms with Crippen LogP contribution < -0.4 is 14.2 Å². The van der Waals surface area contributed by atoms with Crippen molar-refractivity contribution in [1.29, 1.82) is 0 Å². The van der Waals surface area contributed by atoms with E-state index < -0.39 is 19.9 Å². The fourth-order valence-electron chi connectivity index (χ4n) is 3.01. The van der Waals surface area contributed by atoms with Gasteiger partial charge in [0.05, 0.1) is 31.0 Å². The van der Waals surface area contributed by atoms with E-state index in [0.717, 1.165) is 11.8 Å². The Morgan fingerprint density at radius 3 is 2.29 bits per heavy atom. The van der Waals surface area contributed by atoms with Crippen LogP contribution in [0.3, 0.4) is 0 Å². The highest BCUT2D eigenvalue weighted by molar-refractivity contribution is 7.95. The summed E-state index contributed by atoms with van der Waals surface area (Å²) in [6.07, 6.45) is 4.51. The monoisotopic (exact) mass is 465 g/mol. The maximum Gasteiger partial charge on any atom is 0.263 e. The molecule has 0 fully saturated rings. The van der Waals surface area contributed by atoms with E-state index in [2.05, 4.69) is 9.82 Å². The van der Waals surface area contributed by atoms with Gasteiger partial charge in [-0.1, -0.05) is 18.2 Å². The van der Waals surface area contributed by atoms with E-state index in [1.165, 1.54) is 30.5 Å². The molecular formula is C20H23N3O6S2. The minimum Gasteiger partial charge on any atom is -0.493 e. The zero-order chi connectivity index (χ0) is 22.6. The minimum absolute atomic E-state index is 0.232. The van der Waals surface area contributed by atoms with Crippen LogP contribution in [0, 0.1) is 0 Å². The summed E-state index contributed by atoms with van der Waals surface area (Å²) in [5, 5.41) is 4.17. The molecule has 11 heteroatoms. The average Bonchev–Trinajstić information content (AvgIpc) is 3.18. The van der Waals surface area contributed by atoms with Gasteiger partial charge in [-0.2, -0.15) is 5.10 Å². The molecule has 9 nitrogen and oxygen atoms in total. The average molecular weight is 466 g/mol. The third kappa shape index (κ3) is 5.36. The van der Waals surface area contributed by atoms with Crippen LogP contribution in [0.5, 0.6) is 11.5 Å². The number of hydrogen-bond donors (Lipinski definition) is 1. The number of ether oxygens (including phenoxy) is 2. The molecule has 0 aliphatic rings. The van der Waals surface area contributed by atoms with Gasteiger partial charge in [-0.25, -0.2) is 16.8 Å². The van der Waals surface area contributed by atoms with Crippen LogP contribution in [0.2, 0.25) is 0 Å². The molecule has 3 aromatic rings. The first-order chi connectivity index (χ1) is 14.6. The highest BCUT2D eigenvalue weighted by Crippen LogP contribution is 2.28. The number of anilines is 1. The number of methoxy groups -OCH3 is 2. The Labute approximate surface area is 181 Å². The molecule has 1 heterocycles. The normalized spacial score (nSPS) is 11.8. The molecule has 3 rings (SSSR count). The third-order valence-corrected chi connectivity index (χ3v) is 7.22. The van der Waals surface area contributed by atoms with Gasteiger partial charge in [0, 0.05) is 19.0 Å². The Hall–Kier alpha value is -3.05. The van der Waals surface area contributed by atoms with E-state index in [1.807, 2.05) is 18.2 Å². The van der Waals surface area contributed by atoms with Crippen molar-refractivity contribution in [3.05, 3.63) is 60.4 Å². The topological polar surface area (TPSA) is 117 Å². The Balaban J connectivity index is 1.73. The van der Waals surface area contributed by atoms with Gasteiger partial charge in [0.15, 0.2) is 21.3 Å². The van der Waals surface area contributed by atoms with Crippen molar-refractivity contribution in [2.24, 2.45) is 0 Å². The fraction of sp³-hybridized carbons (Fsp3) is 0.250. The summed E-state index contributed by atoms with van der Waals surface area (Å²) in [5.74, 6) is 1.26. The molecule has 31 heavy (non-hydrogen) atoms. The lowest BCUT2D eigenvalue weighted by molar-refractivity contribution is 0.354. The Morgan fingerprint density at radius 2 is 1.65 bits per heavy atom. The second kappa shape index (κ2) is 8.98. The van der Waals surface area contributed by atoms with Crippen LogP contribution in [0.25, 0.3) is 0 Å². The van der Waals surface area contributed by atoms with Crippen LogP contribution in [0.15, 0.2) is 64.6 Å². The highest BCUT2D eigenvalue weighted by Gasteiger charge is 2.24. The molecule has 0 bridgehead atoms. The highest BCUT2D eigenvalue weighted by atomic mass is 32.2. The maximum absolute atomic E-state index is 12.8. The summed E-state index contributed by atoms with van der Waals surface area (Å²) in [6, 6.07) is 11.1. The quantitative estimate of drug-likeness (QED) is 0.515. The van der Waals surface area contributed by atoms with E-state index in [-0.39, 0.29) is 15.5 Å². The first kappa shape index (κ1) is 22.6. The first-order valence-corrected chi connectivity index (χ1v) is 12.6. The van der Waals surface area contributed by atoms with Crippen molar-refractivity contribution in [1.82, 2.24) is 9.78 Å². The van der Waals surface area contributed by atoms with E-state index in [4.69, 9.17) is 9.47 Å². The fourth-order valence-corrected chi connectivity index (χ4v) is 5.67. The van der Waals surface area contributed by atoms with Crippen molar-refractivity contribution >= 4 is 25.5 Å². The van der Waals surface area contributed by atoms with Gasteiger partial charge >= 0.3 is 0 Å². The van der Waals surface area contributed by atoms with E-state index in [9.17, 15) is 16.8 Å². The van der Waals surface area contributed by atoms with Crippen molar-refractivity contribution in [2.45, 2.75) is 22.8 Å². The zero-order valence-electron chi connectivity index (χ0n) is 17.3. The predicted molar refractivity (Wildman–Crippen MR) is 116 cm³/mol. The number of sulfonamides is 1. The van der Waals surface area contributed by atoms with Crippen LogP contribution in [-0.2, 0) is 32.8 Å². The lowest BCUT2D eigenvalue weighted by atomic mass is 10.1. The van der Waals surface area contributed by atoms with Gasteiger partial charge in [-0.15, -0.1) is 0 Å². The molecule has 0 atom stereocenters. The second-order valence-corrected chi connectivity index (χ2v) is 10.4. The second-order valence-electron chi connectivity index (χ2n) is 6.76. The molecule has 0 radical (unpaired) electrons. The minimum atomic E-state index is -4.11. The van der Waals surface area contributed by atoms with Crippen LogP contribution >= 0.6 is 0 Å². The summed E-state index contributed by atoms with van der Waals surface area (Å²) in [6.45, 7) is 0.497. The standard InChI is InChI=1S/C20H23N3O6S2/c1-28-17-9-8-15(12-18(17)29-2)10-11-23-14-16(13-21-23)22-31(26,27)20-7-5-4-6-19(20)30(3,24)25/h4-9,12-14,22H,10-11H2,1-3H3. The third-order valence-electron chi connectivity index (χ3n) is 4.50. The molecule has 1 N–H and O–H groups in total. The summed E-state index contributed by atoms with van der Waals surface area (Å²) >= 11 is 0. The predicted octanol–water partition coefficient (Wildman–Crippen LogP) is 2.35. The zero-order valence-corrected chi connectivity index (χ0v) is 18.9. The van der Waals surface area contributed by atoms with Gasteiger partial charge in [-0.05, 0) is 36.2 Å². The number of nitrogens with zero attached hydrogens (tertiary/aromatic N) is 2. The van der Waals surface area contributed by atoms with E-state index >= 15 is 0 Å². The molecule has 0 saturated carbocycles. The van der Waals surface area contributed by atoms with Crippen molar-refractivity contribution in [3.63, 3.8) is 0 Å². The van der Waals surface area contributed by atoms with Gasteiger partial charge in [0.2, 0.25) is 0 Å². The molecule has 2 aromatic carbocycles. The summed E-state index contributed by atoms with van der Waals surface area (Å²) < 4.78 is 63.9. The van der Waals surface area contributed by atoms with E-state index in [0.29, 0.717) is 24.5 Å². The number of aromatic nitrogens is 2. The number of benzene rings is 2. The first-order valence-electron chi connectivity index (χ1n) is 9.19. The van der Waals surface area contributed by atoms with Crippen molar-refractivity contribution < 1.29 is 26.3 Å². The molecule has 0 amide bonds. The molecule has 1 aromatic heterocycles.